The Kier molecular flexibility index (Phi) is 5.63. The van der Waals surface area contributed by atoms with Gasteiger partial charge in [-0.2, -0.15) is 0 Å². The van der Waals surface area contributed by atoms with Crippen LogP contribution in [0.3, 0.4) is 0 Å². The summed E-state index contributed by atoms with van der Waals surface area (Å²) in [5.74, 6) is 0.656. The molecule has 11 rings (SSSR count). The highest BCUT2D eigenvalue weighted by molar-refractivity contribution is 6.21. The Morgan fingerprint density at radius 2 is 1.04 bits per heavy atom. The van der Waals surface area contributed by atoms with E-state index < -0.39 is 0 Å². The van der Waals surface area contributed by atoms with E-state index in [0.29, 0.717) is 5.95 Å². The first kappa shape index (κ1) is 27.2. The number of fused-ring (bicyclic) bond motifs is 10. The molecule has 0 aliphatic heterocycles. The number of hydrogen-bond donors (Lipinski definition) is 0. The smallest absolute Gasteiger partial charge is 0.235 e. The van der Waals surface area contributed by atoms with Crippen LogP contribution in [0.1, 0.15) is 0 Å². The minimum atomic E-state index is 0.656. The minimum Gasteiger partial charge on any atom is -0.309 e. The Hall–Kier alpha value is -6.78. The zero-order valence-corrected chi connectivity index (χ0v) is 27.0. The van der Waals surface area contributed by atoms with Crippen LogP contribution in [-0.2, 0) is 0 Å². The van der Waals surface area contributed by atoms with E-state index in [9.17, 15) is 0 Å². The highest BCUT2D eigenvalue weighted by atomic mass is 15.2. The number of para-hydroxylation sites is 2. The highest BCUT2D eigenvalue weighted by Gasteiger charge is 2.20. The molecule has 3 aromatic heterocycles. The maximum atomic E-state index is 5.37. The zero-order valence-electron chi connectivity index (χ0n) is 27.0. The fourth-order valence-electron chi connectivity index (χ4n) is 8.04. The van der Waals surface area contributed by atoms with Gasteiger partial charge in [0.05, 0.1) is 33.3 Å². The summed E-state index contributed by atoms with van der Waals surface area (Å²) < 4.78 is 4.68. The van der Waals surface area contributed by atoms with Gasteiger partial charge in [0.15, 0.2) is 0 Å². The molecule has 4 nitrogen and oxygen atoms in total. The first-order chi connectivity index (χ1) is 24.8. The van der Waals surface area contributed by atoms with Crippen molar-refractivity contribution in [3.8, 4) is 22.9 Å². The summed E-state index contributed by atoms with van der Waals surface area (Å²) in [5.41, 5.74) is 8.51. The van der Waals surface area contributed by atoms with Crippen LogP contribution < -0.4 is 0 Å². The monoisotopic (exact) mass is 636 g/mol. The Morgan fingerprint density at radius 1 is 0.360 bits per heavy atom. The first-order valence-corrected chi connectivity index (χ1v) is 17.0. The number of nitrogens with zero attached hydrogens (tertiary/aromatic N) is 4. The second-order valence-corrected chi connectivity index (χ2v) is 13.0. The molecule has 3 heterocycles. The molecule has 50 heavy (non-hydrogen) atoms. The quantitative estimate of drug-likeness (QED) is 0.193. The fourth-order valence-corrected chi connectivity index (χ4v) is 8.04. The molecule has 0 saturated carbocycles. The van der Waals surface area contributed by atoms with Crippen molar-refractivity contribution in [3.05, 3.63) is 170 Å². The molecular weight excluding hydrogens is 609 g/mol. The molecule has 0 N–H and O–H groups in total. The lowest BCUT2D eigenvalue weighted by atomic mass is 10.0. The Balaban J connectivity index is 1.27. The molecule has 0 saturated heterocycles. The van der Waals surface area contributed by atoms with Gasteiger partial charge in [0.2, 0.25) is 5.95 Å². The molecular formula is C46H28N4. The maximum Gasteiger partial charge on any atom is 0.235 e. The lowest BCUT2D eigenvalue weighted by molar-refractivity contribution is 1.01. The van der Waals surface area contributed by atoms with Crippen molar-refractivity contribution in [2.75, 3.05) is 0 Å². The number of aromatic nitrogens is 4. The maximum absolute atomic E-state index is 5.37. The van der Waals surface area contributed by atoms with Crippen LogP contribution in [0.2, 0.25) is 0 Å². The van der Waals surface area contributed by atoms with Gasteiger partial charge in [-0.3, -0.25) is 4.57 Å². The molecule has 0 bridgehead atoms. The number of benzene rings is 8. The van der Waals surface area contributed by atoms with Gasteiger partial charge in [-0.1, -0.05) is 127 Å². The van der Waals surface area contributed by atoms with E-state index in [2.05, 4.69) is 173 Å². The highest BCUT2D eigenvalue weighted by Crippen LogP contribution is 2.40. The third-order valence-corrected chi connectivity index (χ3v) is 10.3. The van der Waals surface area contributed by atoms with Crippen molar-refractivity contribution in [3.63, 3.8) is 0 Å². The van der Waals surface area contributed by atoms with E-state index in [0.717, 1.165) is 38.9 Å². The first-order valence-electron chi connectivity index (χ1n) is 17.0. The van der Waals surface area contributed by atoms with Crippen molar-refractivity contribution < 1.29 is 0 Å². The van der Waals surface area contributed by atoms with Gasteiger partial charge in [0.25, 0.3) is 0 Å². The molecule has 4 heteroatoms. The van der Waals surface area contributed by atoms with Crippen LogP contribution in [0.5, 0.6) is 0 Å². The number of hydrogen-bond acceptors (Lipinski definition) is 2. The summed E-state index contributed by atoms with van der Waals surface area (Å²) in [7, 11) is 0. The van der Waals surface area contributed by atoms with Gasteiger partial charge in [0, 0.05) is 38.2 Å². The second kappa shape index (κ2) is 10.4. The normalized spacial score (nSPS) is 12.0. The molecule has 0 aliphatic carbocycles. The summed E-state index contributed by atoms with van der Waals surface area (Å²) in [6.45, 7) is 0. The fraction of sp³-hybridized carbons (Fsp3) is 0. The average Bonchev–Trinajstić information content (AvgIpc) is 3.69. The van der Waals surface area contributed by atoms with Crippen molar-refractivity contribution in [2.45, 2.75) is 0 Å². The van der Waals surface area contributed by atoms with Crippen LogP contribution in [0.4, 0.5) is 0 Å². The SMILES string of the molecule is c1ccc(-c2nc(-n3c4cc(-n5c6ccccc6c6c7ccccc7ccc65)ccc4c4cc5ccccc5cc43)nc3ccccc23)cc1. The van der Waals surface area contributed by atoms with Gasteiger partial charge in [-0.15, -0.1) is 0 Å². The Labute approximate surface area is 287 Å². The van der Waals surface area contributed by atoms with Crippen molar-refractivity contribution >= 4 is 76.1 Å². The van der Waals surface area contributed by atoms with Gasteiger partial charge in [-0.25, -0.2) is 9.97 Å². The molecule has 8 aromatic carbocycles. The van der Waals surface area contributed by atoms with Gasteiger partial charge < -0.3 is 4.57 Å². The van der Waals surface area contributed by atoms with Crippen LogP contribution in [-0.4, -0.2) is 19.1 Å². The molecule has 0 fully saturated rings. The van der Waals surface area contributed by atoms with E-state index in [-0.39, 0.29) is 0 Å². The van der Waals surface area contributed by atoms with Crippen molar-refractivity contribution in [2.24, 2.45) is 0 Å². The van der Waals surface area contributed by atoms with E-state index in [1.54, 1.807) is 0 Å². The second-order valence-electron chi connectivity index (χ2n) is 13.0. The minimum absolute atomic E-state index is 0.656. The topological polar surface area (TPSA) is 35.6 Å². The predicted octanol–water partition coefficient (Wildman–Crippen LogP) is 11.8. The Morgan fingerprint density at radius 3 is 1.90 bits per heavy atom. The summed E-state index contributed by atoms with van der Waals surface area (Å²) >= 11 is 0. The third-order valence-electron chi connectivity index (χ3n) is 10.3. The van der Waals surface area contributed by atoms with Crippen molar-refractivity contribution in [1.82, 2.24) is 19.1 Å². The molecule has 0 amide bonds. The molecule has 232 valence electrons. The average molecular weight is 637 g/mol. The summed E-state index contributed by atoms with van der Waals surface area (Å²) in [5, 5.41) is 10.8. The zero-order chi connectivity index (χ0) is 32.8. The van der Waals surface area contributed by atoms with Gasteiger partial charge in [-0.05, 0) is 64.0 Å². The lowest BCUT2D eigenvalue weighted by Gasteiger charge is -2.13. The summed E-state index contributed by atoms with van der Waals surface area (Å²) in [4.78, 5) is 10.6. The predicted molar refractivity (Wildman–Crippen MR) is 209 cm³/mol. The van der Waals surface area contributed by atoms with Crippen molar-refractivity contribution in [1.29, 1.82) is 0 Å². The molecule has 0 aliphatic rings. The largest absolute Gasteiger partial charge is 0.309 e. The van der Waals surface area contributed by atoms with E-state index >= 15 is 0 Å². The van der Waals surface area contributed by atoms with E-state index in [1.165, 1.54) is 54.1 Å². The van der Waals surface area contributed by atoms with Crippen LogP contribution in [0.15, 0.2) is 170 Å². The Bertz CT molecular complexity index is 3150. The summed E-state index contributed by atoms with van der Waals surface area (Å²) in [6, 6.07) is 60.7. The van der Waals surface area contributed by atoms with Gasteiger partial charge >= 0.3 is 0 Å². The van der Waals surface area contributed by atoms with Gasteiger partial charge in [0.1, 0.15) is 0 Å². The van der Waals surface area contributed by atoms with Crippen LogP contribution >= 0.6 is 0 Å². The molecule has 0 spiro atoms. The van der Waals surface area contributed by atoms with E-state index in [4.69, 9.17) is 9.97 Å². The standard InChI is InChI=1S/C46H28N4/c1-2-13-30(14-3-1)45-36-18-8-10-20-39(36)47-46(48-45)50-42-27-32-16-5-4-15-31(32)26-38(42)35-24-23-33(28-43(35)50)49-40-21-11-9-19-37(40)44-34-17-7-6-12-29(34)22-25-41(44)49/h1-28H. The molecule has 0 radical (unpaired) electrons. The molecule has 0 unspecified atom stereocenters. The number of rotatable bonds is 3. The third kappa shape index (κ3) is 3.87. The molecule has 11 aromatic rings. The lowest BCUT2D eigenvalue weighted by Crippen LogP contribution is -2.04. The van der Waals surface area contributed by atoms with Crippen LogP contribution in [0, 0.1) is 0 Å². The van der Waals surface area contributed by atoms with E-state index in [1.807, 2.05) is 6.07 Å². The molecule has 0 atom stereocenters. The van der Waals surface area contributed by atoms with Crippen LogP contribution in [0.25, 0.3) is 99.0 Å². The summed E-state index contributed by atoms with van der Waals surface area (Å²) in [6.07, 6.45) is 0.